The molecule has 1 aromatic carbocycles. The molecule has 1 aromatic heterocycles. The highest BCUT2D eigenvalue weighted by atomic mass is 16.5. The summed E-state index contributed by atoms with van der Waals surface area (Å²) in [6.45, 7) is 2.91. The predicted molar refractivity (Wildman–Crippen MR) is 81.2 cm³/mol. The normalized spacial score (nSPS) is 12.2. The lowest BCUT2D eigenvalue weighted by Gasteiger charge is -2.17. The van der Waals surface area contributed by atoms with Gasteiger partial charge in [-0.05, 0) is 36.6 Å². The molecule has 1 heterocycles. The zero-order valence-electron chi connectivity index (χ0n) is 12.7. The van der Waals surface area contributed by atoms with E-state index >= 15 is 0 Å². The van der Waals surface area contributed by atoms with Crippen molar-refractivity contribution in [2.45, 2.75) is 25.9 Å². The average molecular weight is 290 g/mol. The van der Waals surface area contributed by atoms with Crippen molar-refractivity contribution in [2.75, 3.05) is 14.2 Å². The number of hydrogen-bond acceptors (Lipinski definition) is 5. The summed E-state index contributed by atoms with van der Waals surface area (Å²) in [5, 5.41) is 4.28. The van der Waals surface area contributed by atoms with E-state index in [1.54, 1.807) is 14.2 Å². The Labute approximate surface area is 124 Å². The van der Waals surface area contributed by atoms with Crippen LogP contribution in [0.1, 0.15) is 24.1 Å². The van der Waals surface area contributed by atoms with Gasteiger partial charge in [-0.25, -0.2) is 0 Å². The van der Waals surface area contributed by atoms with Crippen LogP contribution in [0.2, 0.25) is 0 Å². The van der Waals surface area contributed by atoms with Crippen LogP contribution in [0.15, 0.2) is 30.6 Å². The number of rotatable bonds is 7. The fourth-order valence-electron chi connectivity index (χ4n) is 2.22. The molecule has 6 nitrogen and oxygen atoms in total. The van der Waals surface area contributed by atoms with Crippen molar-refractivity contribution in [3.63, 3.8) is 0 Å². The van der Waals surface area contributed by atoms with Crippen LogP contribution in [0.5, 0.6) is 11.5 Å². The monoisotopic (exact) mass is 290 g/mol. The molecule has 1 unspecified atom stereocenters. The zero-order chi connectivity index (χ0) is 15.2. The smallest absolute Gasteiger partial charge is 0.122 e. The standard InChI is InChI=1S/C15H22N4O2/c1-4-19-10-11(9-17-19)5-15(18-16)12-6-13(20-2)8-14(7-12)21-3/h6-10,15,18H,4-5,16H2,1-3H3. The van der Waals surface area contributed by atoms with Gasteiger partial charge in [0.1, 0.15) is 11.5 Å². The van der Waals surface area contributed by atoms with Crippen molar-refractivity contribution in [3.05, 3.63) is 41.7 Å². The number of nitrogens with one attached hydrogen (secondary N) is 1. The quantitative estimate of drug-likeness (QED) is 0.599. The lowest BCUT2D eigenvalue weighted by atomic mass is 10.0. The SMILES string of the molecule is CCn1cc(CC(NN)c2cc(OC)cc(OC)c2)cn1. The Morgan fingerprint density at radius 3 is 2.38 bits per heavy atom. The first-order valence-electron chi connectivity index (χ1n) is 6.90. The van der Waals surface area contributed by atoms with Gasteiger partial charge in [0.05, 0.1) is 26.5 Å². The Bertz CT molecular complexity index is 561. The molecule has 0 radical (unpaired) electrons. The summed E-state index contributed by atoms with van der Waals surface area (Å²) < 4.78 is 12.5. The minimum absolute atomic E-state index is 0.0384. The lowest BCUT2D eigenvalue weighted by Crippen LogP contribution is -2.29. The molecule has 0 amide bonds. The first-order valence-corrected chi connectivity index (χ1v) is 6.90. The third-order valence-corrected chi connectivity index (χ3v) is 3.43. The van der Waals surface area contributed by atoms with E-state index in [-0.39, 0.29) is 6.04 Å². The van der Waals surface area contributed by atoms with Gasteiger partial charge in [-0.2, -0.15) is 5.10 Å². The van der Waals surface area contributed by atoms with E-state index in [1.165, 1.54) is 0 Å². The van der Waals surface area contributed by atoms with Crippen LogP contribution in [-0.4, -0.2) is 24.0 Å². The molecule has 21 heavy (non-hydrogen) atoms. The van der Waals surface area contributed by atoms with Crippen LogP contribution in [0.3, 0.4) is 0 Å². The maximum atomic E-state index is 5.72. The molecule has 0 saturated heterocycles. The number of nitrogens with zero attached hydrogens (tertiary/aromatic N) is 2. The van der Waals surface area contributed by atoms with Gasteiger partial charge in [-0.3, -0.25) is 16.0 Å². The molecule has 2 rings (SSSR count). The second kappa shape index (κ2) is 7.10. The molecule has 114 valence electrons. The maximum Gasteiger partial charge on any atom is 0.122 e. The second-order valence-electron chi connectivity index (χ2n) is 4.77. The molecular formula is C15H22N4O2. The number of hydrazine groups is 1. The van der Waals surface area contributed by atoms with E-state index < -0.39 is 0 Å². The Balaban J connectivity index is 2.23. The second-order valence-corrected chi connectivity index (χ2v) is 4.77. The number of aromatic nitrogens is 2. The zero-order valence-corrected chi connectivity index (χ0v) is 12.7. The Morgan fingerprint density at radius 2 is 1.90 bits per heavy atom. The third-order valence-electron chi connectivity index (χ3n) is 3.43. The molecule has 1 atom stereocenters. The highest BCUT2D eigenvalue weighted by Gasteiger charge is 2.14. The number of nitrogens with two attached hydrogens (primary N) is 1. The topological polar surface area (TPSA) is 74.3 Å². The summed E-state index contributed by atoms with van der Waals surface area (Å²) >= 11 is 0. The van der Waals surface area contributed by atoms with Gasteiger partial charge in [0.15, 0.2) is 0 Å². The molecule has 3 N–H and O–H groups in total. The van der Waals surface area contributed by atoms with Crippen LogP contribution in [0.25, 0.3) is 0 Å². The van der Waals surface area contributed by atoms with E-state index in [2.05, 4.69) is 17.4 Å². The minimum atomic E-state index is -0.0384. The van der Waals surface area contributed by atoms with E-state index in [0.717, 1.165) is 35.6 Å². The van der Waals surface area contributed by atoms with E-state index in [0.29, 0.717) is 0 Å². The van der Waals surface area contributed by atoms with Gasteiger partial charge in [0.2, 0.25) is 0 Å². The summed E-state index contributed by atoms with van der Waals surface area (Å²) in [5.41, 5.74) is 4.99. The van der Waals surface area contributed by atoms with Crippen molar-refractivity contribution < 1.29 is 9.47 Å². The number of methoxy groups -OCH3 is 2. The Morgan fingerprint density at radius 1 is 1.24 bits per heavy atom. The van der Waals surface area contributed by atoms with Crippen molar-refractivity contribution >= 4 is 0 Å². The highest BCUT2D eigenvalue weighted by molar-refractivity contribution is 5.40. The summed E-state index contributed by atoms with van der Waals surface area (Å²) in [5.74, 6) is 7.20. The summed E-state index contributed by atoms with van der Waals surface area (Å²) in [7, 11) is 3.27. The van der Waals surface area contributed by atoms with Crippen molar-refractivity contribution in [1.29, 1.82) is 0 Å². The van der Waals surface area contributed by atoms with E-state index in [1.807, 2.05) is 35.3 Å². The molecule has 0 fully saturated rings. The van der Waals surface area contributed by atoms with Gasteiger partial charge < -0.3 is 9.47 Å². The van der Waals surface area contributed by atoms with Gasteiger partial charge in [-0.15, -0.1) is 0 Å². The van der Waals surface area contributed by atoms with Crippen LogP contribution < -0.4 is 20.7 Å². The summed E-state index contributed by atoms with van der Waals surface area (Å²) in [6, 6.07) is 5.71. The van der Waals surface area contributed by atoms with Gasteiger partial charge >= 0.3 is 0 Å². The molecule has 0 aliphatic rings. The summed E-state index contributed by atoms with van der Waals surface area (Å²) in [6.07, 6.45) is 4.64. The highest BCUT2D eigenvalue weighted by Crippen LogP contribution is 2.27. The largest absolute Gasteiger partial charge is 0.497 e. The number of ether oxygens (including phenoxy) is 2. The fraction of sp³-hybridized carbons (Fsp3) is 0.400. The Hall–Kier alpha value is -2.05. The number of hydrogen-bond donors (Lipinski definition) is 2. The lowest BCUT2D eigenvalue weighted by molar-refractivity contribution is 0.391. The van der Waals surface area contributed by atoms with Gasteiger partial charge in [0.25, 0.3) is 0 Å². The van der Waals surface area contributed by atoms with Crippen LogP contribution in [-0.2, 0) is 13.0 Å². The van der Waals surface area contributed by atoms with Crippen molar-refractivity contribution in [3.8, 4) is 11.5 Å². The molecule has 6 heteroatoms. The van der Waals surface area contributed by atoms with Crippen molar-refractivity contribution in [1.82, 2.24) is 15.2 Å². The van der Waals surface area contributed by atoms with E-state index in [4.69, 9.17) is 15.3 Å². The molecule has 0 aliphatic carbocycles. The molecule has 0 bridgehead atoms. The average Bonchev–Trinajstić information content (AvgIpc) is 2.99. The van der Waals surface area contributed by atoms with Gasteiger partial charge in [-0.1, -0.05) is 0 Å². The molecule has 0 spiro atoms. The Kier molecular flexibility index (Phi) is 5.19. The van der Waals surface area contributed by atoms with Crippen molar-refractivity contribution in [2.24, 2.45) is 5.84 Å². The van der Waals surface area contributed by atoms with Crippen LogP contribution in [0, 0.1) is 0 Å². The van der Waals surface area contributed by atoms with E-state index in [9.17, 15) is 0 Å². The molecular weight excluding hydrogens is 268 g/mol. The first-order chi connectivity index (χ1) is 10.2. The third kappa shape index (κ3) is 3.74. The summed E-state index contributed by atoms with van der Waals surface area (Å²) in [4.78, 5) is 0. The first kappa shape index (κ1) is 15.3. The minimum Gasteiger partial charge on any atom is -0.497 e. The van der Waals surface area contributed by atoms with Gasteiger partial charge in [0, 0.05) is 18.8 Å². The van der Waals surface area contributed by atoms with Crippen LogP contribution in [0.4, 0.5) is 0 Å². The maximum absolute atomic E-state index is 5.72. The number of benzene rings is 1. The predicted octanol–water partition coefficient (Wildman–Crippen LogP) is 1.67. The van der Waals surface area contributed by atoms with Crippen LogP contribution >= 0.6 is 0 Å². The molecule has 2 aromatic rings. The fourth-order valence-corrected chi connectivity index (χ4v) is 2.22. The number of aryl methyl sites for hydroxylation is 1. The molecule has 0 aliphatic heterocycles. The molecule has 0 saturated carbocycles.